The molecule has 0 aliphatic heterocycles. The van der Waals surface area contributed by atoms with Crippen molar-refractivity contribution in [1.29, 1.82) is 0 Å². The molecule has 0 aliphatic rings. The van der Waals surface area contributed by atoms with Gasteiger partial charge in [0.15, 0.2) is 0 Å². The van der Waals surface area contributed by atoms with Crippen LogP contribution in [0.3, 0.4) is 0 Å². The monoisotopic (exact) mass is 309 g/mol. The van der Waals surface area contributed by atoms with Gasteiger partial charge in [-0.2, -0.15) is 5.10 Å². The van der Waals surface area contributed by atoms with Gasteiger partial charge in [0.25, 0.3) is 5.91 Å². The zero-order valence-electron chi connectivity index (χ0n) is 12.9. The normalized spacial score (nSPS) is 12.0. The van der Waals surface area contributed by atoms with Crippen LogP contribution in [0.1, 0.15) is 21.7 Å². The Morgan fingerprint density at radius 1 is 1.26 bits per heavy atom. The van der Waals surface area contributed by atoms with Crippen molar-refractivity contribution in [3.05, 3.63) is 72.1 Å². The summed E-state index contributed by atoms with van der Waals surface area (Å²) < 4.78 is 1.57. The number of imidazole rings is 1. The summed E-state index contributed by atoms with van der Waals surface area (Å²) in [5, 5.41) is 7.14. The molecular weight excluding hydrogens is 290 g/mol. The fourth-order valence-electron chi connectivity index (χ4n) is 2.59. The fraction of sp³-hybridized carbons (Fsp3) is 0.235. The fourth-order valence-corrected chi connectivity index (χ4v) is 2.59. The lowest BCUT2D eigenvalue weighted by Gasteiger charge is -2.18. The molecule has 3 rings (SSSR count). The molecule has 0 bridgehead atoms. The van der Waals surface area contributed by atoms with Crippen molar-refractivity contribution in [1.82, 2.24) is 25.1 Å². The Hall–Kier alpha value is -2.89. The van der Waals surface area contributed by atoms with Gasteiger partial charge in [-0.25, -0.2) is 4.98 Å². The van der Waals surface area contributed by atoms with Crippen molar-refractivity contribution in [3.63, 3.8) is 0 Å². The number of aromatic nitrogens is 4. The summed E-state index contributed by atoms with van der Waals surface area (Å²) in [4.78, 5) is 19.6. The van der Waals surface area contributed by atoms with Crippen molar-refractivity contribution in [3.8, 4) is 0 Å². The number of benzene rings is 1. The molecule has 0 radical (unpaired) electrons. The molecule has 3 aromatic rings. The third-order valence-corrected chi connectivity index (χ3v) is 3.73. The van der Waals surface area contributed by atoms with Gasteiger partial charge in [-0.15, -0.1) is 0 Å². The number of nitrogens with one attached hydrogen (secondary N) is 2. The Morgan fingerprint density at radius 2 is 2.09 bits per heavy atom. The summed E-state index contributed by atoms with van der Waals surface area (Å²) in [6.07, 6.45) is 6.50. The minimum absolute atomic E-state index is 0.0275. The van der Waals surface area contributed by atoms with E-state index < -0.39 is 0 Å². The topological polar surface area (TPSA) is 75.6 Å². The highest BCUT2D eigenvalue weighted by atomic mass is 16.2. The number of carbonyl (C=O) groups excluding carboxylic acids is 1. The standard InChI is InChI=1S/C17H19N5O/c1-22-16(7-8-20-22)17(23)21-14(10-15-11-18-12-19-15)9-13-5-3-2-4-6-13/h2-8,11-12,14H,9-10H2,1H3,(H,18,19)(H,21,23). The molecule has 0 saturated heterocycles. The van der Waals surface area contributed by atoms with Crippen molar-refractivity contribution < 1.29 is 4.79 Å². The van der Waals surface area contributed by atoms with Crippen LogP contribution in [0.5, 0.6) is 0 Å². The Morgan fingerprint density at radius 3 is 2.74 bits per heavy atom. The van der Waals surface area contributed by atoms with Gasteiger partial charge < -0.3 is 10.3 Å². The molecule has 6 nitrogen and oxygen atoms in total. The van der Waals surface area contributed by atoms with Gasteiger partial charge >= 0.3 is 0 Å². The van der Waals surface area contributed by atoms with E-state index in [1.165, 1.54) is 5.56 Å². The SMILES string of the molecule is Cn1nccc1C(=O)NC(Cc1ccccc1)Cc1cnc[nH]1. The quantitative estimate of drug-likeness (QED) is 0.728. The largest absolute Gasteiger partial charge is 0.348 e. The second-order valence-electron chi connectivity index (χ2n) is 5.48. The minimum atomic E-state index is -0.120. The lowest BCUT2D eigenvalue weighted by atomic mass is 10.0. The summed E-state index contributed by atoms with van der Waals surface area (Å²) in [6, 6.07) is 11.8. The van der Waals surface area contributed by atoms with Crippen LogP contribution >= 0.6 is 0 Å². The first kappa shape index (κ1) is 15.0. The number of hydrogen-bond acceptors (Lipinski definition) is 3. The second-order valence-corrected chi connectivity index (χ2v) is 5.48. The first-order valence-corrected chi connectivity index (χ1v) is 7.52. The minimum Gasteiger partial charge on any atom is -0.348 e. The summed E-state index contributed by atoms with van der Waals surface area (Å²) in [7, 11) is 1.76. The molecule has 1 atom stereocenters. The Bertz CT molecular complexity index is 748. The van der Waals surface area contributed by atoms with E-state index in [4.69, 9.17) is 0 Å². The van der Waals surface area contributed by atoms with Gasteiger partial charge in [-0.3, -0.25) is 9.48 Å². The van der Waals surface area contributed by atoms with Gasteiger partial charge in [0.05, 0.1) is 6.33 Å². The van der Waals surface area contributed by atoms with E-state index in [9.17, 15) is 4.79 Å². The first-order chi connectivity index (χ1) is 11.2. The highest BCUT2D eigenvalue weighted by molar-refractivity contribution is 5.92. The summed E-state index contributed by atoms with van der Waals surface area (Å²) in [5.74, 6) is -0.120. The third kappa shape index (κ3) is 3.85. The second kappa shape index (κ2) is 6.91. The highest BCUT2D eigenvalue weighted by Crippen LogP contribution is 2.09. The molecule has 2 heterocycles. The molecule has 0 saturated carbocycles. The summed E-state index contributed by atoms with van der Waals surface area (Å²) in [6.45, 7) is 0. The average Bonchev–Trinajstić information content (AvgIpc) is 3.19. The van der Waals surface area contributed by atoms with Crippen LogP contribution in [-0.4, -0.2) is 31.7 Å². The lowest BCUT2D eigenvalue weighted by molar-refractivity contribution is 0.0927. The van der Waals surface area contributed by atoms with Crippen molar-refractivity contribution in [2.45, 2.75) is 18.9 Å². The maximum absolute atomic E-state index is 12.5. The molecular formula is C17H19N5O. The lowest BCUT2D eigenvalue weighted by Crippen LogP contribution is -2.39. The molecule has 0 fully saturated rings. The molecule has 118 valence electrons. The maximum Gasteiger partial charge on any atom is 0.269 e. The van der Waals surface area contributed by atoms with E-state index in [0.717, 1.165) is 12.1 Å². The van der Waals surface area contributed by atoms with Gasteiger partial charge in [0.2, 0.25) is 0 Å². The number of aromatic amines is 1. The molecule has 1 amide bonds. The van der Waals surface area contributed by atoms with E-state index in [0.29, 0.717) is 12.1 Å². The van der Waals surface area contributed by atoms with Gasteiger partial charge in [0.1, 0.15) is 5.69 Å². The van der Waals surface area contributed by atoms with Crippen LogP contribution < -0.4 is 5.32 Å². The molecule has 2 N–H and O–H groups in total. The Balaban J connectivity index is 1.74. The van der Waals surface area contributed by atoms with Crippen LogP contribution in [0, 0.1) is 0 Å². The van der Waals surface area contributed by atoms with E-state index in [1.807, 2.05) is 18.2 Å². The Kier molecular flexibility index (Phi) is 4.52. The van der Waals surface area contributed by atoms with Crippen molar-refractivity contribution in [2.75, 3.05) is 0 Å². The van der Waals surface area contributed by atoms with Gasteiger partial charge in [-0.1, -0.05) is 30.3 Å². The van der Waals surface area contributed by atoms with Crippen LogP contribution in [0.2, 0.25) is 0 Å². The highest BCUT2D eigenvalue weighted by Gasteiger charge is 2.17. The molecule has 23 heavy (non-hydrogen) atoms. The van der Waals surface area contributed by atoms with Crippen LogP contribution in [0.25, 0.3) is 0 Å². The van der Waals surface area contributed by atoms with E-state index in [-0.39, 0.29) is 11.9 Å². The van der Waals surface area contributed by atoms with Crippen molar-refractivity contribution >= 4 is 5.91 Å². The zero-order valence-corrected chi connectivity index (χ0v) is 12.9. The third-order valence-electron chi connectivity index (χ3n) is 3.73. The number of H-pyrrole nitrogens is 1. The van der Waals surface area contributed by atoms with E-state index in [2.05, 4.69) is 32.5 Å². The number of nitrogens with zero attached hydrogens (tertiary/aromatic N) is 3. The van der Waals surface area contributed by atoms with Gasteiger partial charge in [0, 0.05) is 37.6 Å². The molecule has 6 heteroatoms. The predicted molar refractivity (Wildman–Crippen MR) is 86.9 cm³/mol. The van der Waals surface area contributed by atoms with Crippen LogP contribution in [0.4, 0.5) is 0 Å². The maximum atomic E-state index is 12.5. The average molecular weight is 309 g/mol. The molecule has 1 unspecified atom stereocenters. The summed E-state index contributed by atoms with van der Waals surface area (Å²) >= 11 is 0. The number of hydrogen-bond donors (Lipinski definition) is 2. The molecule has 2 aromatic heterocycles. The summed E-state index contributed by atoms with van der Waals surface area (Å²) in [5.41, 5.74) is 2.73. The molecule has 1 aromatic carbocycles. The molecule has 0 spiro atoms. The number of rotatable bonds is 6. The zero-order chi connectivity index (χ0) is 16.1. The first-order valence-electron chi connectivity index (χ1n) is 7.52. The Labute approximate surface area is 134 Å². The van der Waals surface area contributed by atoms with E-state index in [1.54, 1.807) is 36.5 Å². The van der Waals surface area contributed by atoms with Crippen LogP contribution in [0.15, 0.2) is 55.1 Å². The van der Waals surface area contributed by atoms with Crippen molar-refractivity contribution in [2.24, 2.45) is 7.05 Å². The smallest absolute Gasteiger partial charge is 0.269 e. The number of aryl methyl sites for hydroxylation is 1. The van der Waals surface area contributed by atoms with Gasteiger partial charge in [-0.05, 0) is 18.1 Å². The predicted octanol–water partition coefficient (Wildman–Crippen LogP) is 1.73. The molecule has 0 aliphatic carbocycles. The number of amides is 1. The van der Waals surface area contributed by atoms with E-state index >= 15 is 0 Å². The van der Waals surface area contributed by atoms with Crippen LogP contribution in [-0.2, 0) is 19.9 Å². The number of carbonyl (C=O) groups is 1.